The number of furan rings is 1. The second-order valence-electron chi connectivity index (χ2n) is 4.01. The molecule has 3 aromatic rings. The van der Waals surface area contributed by atoms with Gasteiger partial charge in [0.1, 0.15) is 5.76 Å². The molecule has 0 aliphatic carbocycles. The number of hydrogen-bond acceptors (Lipinski definition) is 4. The minimum Gasteiger partial charge on any atom is -0.467 e. The predicted octanol–water partition coefficient (Wildman–Crippen LogP) is 4.72. The topological polar surface area (TPSA) is 38.1 Å². The molecule has 92 valence electrons. The van der Waals surface area contributed by atoms with Crippen LogP contribution in [0.4, 0.5) is 5.13 Å². The summed E-state index contributed by atoms with van der Waals surface area (Å²) >= 11 is 7.55. The zero-order valence-corrected chi connectivity index (χ0v) is 11.3. The Labute approximate surface area is 113 Å². The van der Waals surface area contributed by atoms with Gasteiger partial charge in [0.05, 0.1) is 22.5 Å². The Kier molecular flexibility index (Phi) is 2.97. The molecule has 3 rings (SSSR count). The van der Waals surface area contributed by atoms with E-state index in [9.17, 15) is 0 Å². The van der Waals surface area contributed by atoms with Crippen molar-refractivity contribution in [1.82, 2.24) is 4.98 Å². The predicted molar refractivity (Wildman–Crippen MR) is 75.4 cm³/mol. The van der Waals surface area contributed by atoms with Crippen molar-refractivity contribution in [2.45, 2.75) is 13.0 Å². The standard InChI is InChI=1S/C13H11ClN2OS/c1-8(11-3-2-6-17-11)15-13-16-10-7-9(14)4-5-12(10)18-13/h2-8H,1H3,(H,15,16). The molecule has 0 saturated carbocycles. The van der Waals surface area contributed by atoms with Crippen LogP contribution < -0.4 is 5.32 Å². The Bertz CT molecular complexity index is 663. The molecule has 0 bridgehead atoms. The normalized spacial score (nSPS) is 12.8. The Hall–Kier alpha value is -1.52. The lowest BCUT2D eigenvalue weighted by Crippen LogP contribution is -2.04. The van der Waals surface area contributed by atoms with E-state index in [1.807, 2.05) is 37.3 Å². The van der Waals surface area contributed by atoms with Gasteiger partial charge in [0.25, 0.3) is 0 Å². The fourth-order valence-electron chi connectivity index (χ4n) is 1.76. The molecule has 1 aromatic carbocycles. The number of fused-ring (bicyclic) bond motifs is 1. The summed E-state index contributed by atoms with van der Waals surface area (Å²) in [5.74, 6) is 0.896. The smallest absolute Gasteiger partial charge is 0.184 e. The number of hydrogen-bond donors (Lipinski definition) is 1. The van der Waals surface area contributed by atoms with Crippen molar-refractivity contribution >= 4 is 38.3 Å². The van der Waals surface area contributed by atoms with Crippen LogP contribution in [-0.2, 0) is 0 Å². The van der Waals surface area contributed by atoms with Crippen molar-refractivity contribution in [3.05, 3.63) is 47.4 Å². The average Bonchev–Trinajstić information content (AvgIpc) is 2.95. The first-order valence-corrected chi connectivity index (χ1v) is 6.78. The molecular weight excluding hydrogens is 268 g/mol. The summed E-state index contributed by atoms with van der Waals surface area (Å²) in [4.78, 5) is 4.50. The molecule has 1 unspecified atom stereocenters. The third-order valence-corrected chi connectivity index (χ3v) is 3.86. The van der Waals surface area contributed by atoms with E-state index >= 15 is 0 Å². The number of aromatic nitrogens is 1. The summed E-state index contributed by atoms with van der Waals surface area (Å²) in [6.45, 7) is 2.04. The maximum atomic E-state index is 5.94. The quantitative estimate of drug-likeness (QED) is 0.753. The molecule has 5 heteroatoms. The third-order valence-electron chi connectivity index (χ3n) is 2.66. The highest BCUT2D eigenvalue weighted by Crippen LogP contribution is 2.30. The third kappa shape index (κ3) is 2.21. The molecule has 1 N–H and O–H groups in total. The van der Waals surface area contributed by atoms with Gasteiger partial charge in [-0.3, -0.25) is 0 Å². The van der Waals surface area contributed by atoms with Crippen LogP contribution >= 0.6 is 22.9 Å². The monoisotopic (exact) mass is 278 g/mol. The number of halogens is 1. The van der Waals surface area contributed by atoms with E-state index in [1.54, 1.807) is 17.6 Å². The lowest BCUT2D eigenvalue weighted by molar-refractivity contribution is 0.490. The molecule has 0 fully saturated rings. The lowest BCUT2D eigenvalue weighted by atomic mass is 10.3. The first-order valence-electron chi connectivity index (χ1n) is 5.58. The number of thiazole rings is 1. The Morgan fingerprint density at radius 3 is 3.06 bits per heavy atom. The molecule has 0 amide bonds. The van der Waals surface area contributed by atoms with Gasteiger partial charge in [-0.15, -0.1) is 0 Å². The Morgan fingerprint density at radius 1 is 1.39 bits per heavy atom. The van der Waals surface area contributed by atoms with E-state index in [-0.39, 0.29) is 6.04 Å². The fraction of sp³-hybridized carbons (Fsp3) is 0.154. The van der Waals surface area contributed by atoms with Crippen molar-refractivity contribution < 1.29 is 4.42 Å². The zero-order valence-electron chi connectivity index (χ0n) is 9.68. The molecule has 0 aliphatic heterocycles. The van der Waals surface area contributed by atoms with E-state index in [4.69, 9.17) is 16.0 Å². The molecule has 0 saturated heterocycles. The molecule has 1 atom stereocenters. The molecule has 0 aliphatic rings. The molecule has 0 spiro atoms. The van der Waals surface area contributed by atoms with Crippen LogP contribution in [0.2, 0.25) is 5.02 Å². The van der Waals surface area contributed by atoms with Crippen LogP contribution in [0.3, 0.4) is 0 Å². The van der Waals surface area contributed by atoms with Crippen molar-refractivity contribution in [2.75, 3.05) is 5.32 Å². The van der Waals surface area contributed by atoms with Gasteiger partial charge >= 0.3 is 0 Å². The minimum atomic E-state index is 0.0936. The summed E-state index contributed by atoms with van der Waals surface area (Å²) in [6.07, 6.45) is 1.67. The van der Waals surface area contributed by atoms with Gasteiger partial charge in [0.15, 0.2) is 5.13 Å². The maximum absolute atomic E-state index is 5.94. The van der Waals surface area contributed by atoms with Crippen LogP contribution in [0.1, 0.15) is 18.7 Å². The first-order chi connectivity index (χ1) is 8.72. The second-order valence-corrected chi connectivity index (χ2v) is 5.48. The maximum Gasteiger partial charge on any atom is 0.184 e. The van der Waals surface area contributed by atoms with Crippen molar-refractivity contribution in [3.63, 3.8) is 0 Å². The van der Waals surface area contributed by atoms with E-state index in [2.05, 4.69) is 10.3 Å². The van der Waals surface area contributed by atoms with Crippen LogP contribution in [-0.4, -0.2) is 4.98 Å². The summed E-state index contributed by atoms with van der Waals surface area (Å²) in [5, 5.41) is 4.90. The Balaban J connectivity index is 1.86. The van der Waals surface area contributed by atoms with E-state index in [0.717, 1.165) is 21.1 Å². The average molecular weight is 279 g/mol. The van der Waals surface area contributed by atoms with Gasteiger partial charge in [-0.05, 0) is 37.3 Å². The number of benzene rings is 1. The van der Waals surface area contributed by atoms with Gasteiger partial charge in [-0.1, -0.05) is 22.9 Å². The second kappa shape index (κ2) is 4.63. The number of anilines is 1. The van der Waals surface area contributed by atoms with Crippen molar-refractivity contribution in [2.24, 2.45) is 0 Å². The van der Waals surface area contributed by atoms with Gasteiger partial charge in [-0.25, -0.2) is 4.98 Å². The van der Waals surface area contributed by atoms with Crippen LogP contribution in [0, 0.1) is 0 Å². The minimum absolute atomic E-state index is 0.0936. The van der Waals surface area contributed by atoms with Crippen LogP contribution in [0.5, 0.6) is 0 Å². The van der Waals surface area contributed by atoms with E-state index in [0.29, 0.717) is 5.02 Å². The number of rotatable bonds is 3. The molecular formula is C13H11ClN2OS. The molecule has 2 aromatic heterocycles. The fourth-order valence-corrected chi connectivity index (χ4v) is 2.86. The highest BCUT2D eigenvalue weighted by Gasteiger charge is 2.11. The number of nitrogens with one attached hydrogen (secondary N) is 1. The Morgan fingerprint density at radius 2 is 2.28 bits per heavy atom. The van der Waals surface area contributed by atoms with Crippen molar-refractivity contribution in [1.29, 1.82) is 0 Å². The molecule has 0 radical (unpaired) electrons. The SMILES string of the molecule is CC(Nc1nc2cc(Cl)ccc2s1)c1ccco1. The largest absolute Gasteiger partial charge is 0.467 e. The van der Waals surface area contributed by atoms with Gasteiger partial charge in [0.2, 0.25) is 0 Å². The lowest BCUT2D eigenvalue weighted by Gasteiger charge is -2.08. The zero-order chi connectivity index (χ0) is 12.5. The highest BCUT2D eigenvalue weighted by molar-refractivity contribution is 7.22. The van der Waals surface area contributed by atoms with Gasteiger partial charge in [-0.2, -0.15) is 0 Å². The first kappa shape index (κ1) is 11.6. The summed E-state index contributed by atoms with van der Waals surface area (Å²) < 4.78 is 6.47. The summed E-state index contributed by atoms with van der Waals surface area (Å²) in [5.41, 5.74) is 0.918. The highest BCUT2D eigenvalue weighted by atomic mass is 35.5. The van der Waals surface area contributed by atoms with Gasteiger partial charge in [0, 0.05) is 5.02 Å². The van der Waals surface area contributed by atoms with Crippen LogP contribution in [0.15, 0.2) is 41.0 Å². The summed E-state index contributed by atoms with van der Waals surface area (Å²) in [7, 11) is 0. The summed E-state index contributed by atoms with van der Waals surface area (Å²) in [6, 6.07) is 9.65. The molecule has 18 heavy (non-hydrogen) atoms. The van der Waals surface area contributed by atoms with Crippen molar-refractivity contribution in [3.8, 4) is 0 Å². The molecule has 2 heterocycles. The van der Waals surface area contributed by atoms with Gasteiger partial charge < -0.3 is 9.73 Å². The molecule has 3 nitrogen and oxygen atoms in total. The number of nitrogens with zero attached hydrogens (tertiary/aromatic N) is 1. The van der Waals surface area contributed by atoms with Crippen LogP contribution in [0.25, 0.3) is 10.2 Å². The van der Waals surface area contributed by atoms with E-state index < -0.39 is 0 Å². The van der Waals surface area contributed by atoms with E-state index in [1.165, 1.54) is 0 Å².